The minimum Gasteiger partial charge on any atom is -0.440 e. The summed E-state index contributed by atoms with van der Waals surface area (Å²) in [5, 5.41) is 3.88. The number of carbonyl (C=O) groups is 1. The lowest BCUT2D eigenvalue weighted by Gasteiger charge is -2.57. The number of aromatic nitrogens is 2. The first kappa shape index (κ1) is 20.0. The van der Waals surface area contributed by atoms with E-state index in [0.29, 0.717) is 35.1 Å². The van der Waals surface area contributed by atoms with Gasteiger partial charge in [-0.2, -0.15) is 0 Å². The number of carbonyl (C=O) groups excluding carboxylic acids is 1. The standard InChI is InChI=1S/C24H25ClN4O3/c25-17-1-2-20-19(10-17)28-23(32-20)16-11-24(12-16)13-18(14-24)27-22(30)15-3-4-26-21(9-15)29-5-7-31-8-6-29/h1-4,9-10,16,18H,5-8,11-14H2,(H,27,30). The highest BCUT2D eigenvalue weighted by atomic mass is 35.5. The van der Waals surface area contributed by atoms with Crippen molar-refractivity contribution < 1.29 is 13.9 Å². The average Bonchev–Trinajstić information content (AvgIpc) is 3.17. The van der Waals surface area contributed by atoms with Crippen molar-refractivity contribution >= 4 is 34.4 Å². The van der Waals surface area contributed by atoms with Crippen molar-refractivity contribution in [3.63, 3.8) is 0 Å². The molecule has 1 amide bonds. The number of hydrogen-bond acceptors (Lipinski definition) is 6. The fourth-order valence-corrected chi connectivity index (χ4v) is 5.63. The van der Waals surface area contributed by atoms with Crippen molar-refractivity contribution in [1.82, 2.24) is 15.3 Å². The van der Waals surface area contributed by atoms with Gasteiger partial charge in [-0.1, -0.05) is 11.6 Å². The molecule has 2 saturated carbocycles. The summed E-state index contributed by atoms with van der Waals surface area (Å²) in [6.07, 6.45) is 5.88. The Morgan fingerprint density at radius 1 is 1.12 bits per heavy atom. The molecule has 3 aromatic rings. The number of fused-ring (bicyclic) bond motifs is 1. The Balaban J connectivity index is 1.03. The van der Waals surface area contributed by atoms with Gasteiger partial charge in [-0.15, -0.1) is 0 Å². The predicted molar refractivity (Wildman–Crippen MR) is 121 cm³/mol. The van der Waals surface area contributed by atoms with Crippen LogP contribution in [0, 0.1) is 5.41 Å². The van der Waals surface area contributed by atoms with Gasteiger partial charge in [-0.05, 0) is 61.4 Å². The number of oxazole rings is 1. The summed E-state index contributed by atoms with van der Waals surface area (Å²) in [5.74, 6) is 1.99. The summed E-state index contributed by atoms with van der Waals surface area (Å²) in [4.78, 5) is 24.0. The molecule has 166 valence electrons. The normalized spacial score (nSPS) is 27.2. The number of amides is 1. The molecule has 3 aliphatic rings. The Morgan fingerprint density at radius 2 is 1.94 bits per heavy atom. The van der Waals surface area contributed by atoms with Gasteiger partial charge in [-0.25, -0.2) is 9.97 Å². The van der Waals surface area contributed by atoms with E-state index in [1.165, 1.54) is 0 Å². The van der Waals surface area contributed by atoms with Gasteiger partial charge in [0.2, 0.25) is 0 Å². The summed E-state index contributed by atoms with van der Waals surface area (Å²) in [7, 11) is 0. The number of nitrogens with one attached hydrogen (secondary N) is 1. The van der Waals surface area contributed by atoms with Crippen LogP contribution in [0.3, 0.4) is 0 Å². The van der Waals surface area contributed by atoms with Gasteiger partial charge in [0.1, 0.15) is 11.3 Å². The third-order valence-corrected chi connectivity index (χ3v) is 7.35. The van der Waals surface area contributed by atoms with Gasteiger partial charge >= 0.3 is 0 Å². The lowest BCUT2D eigenvalue weighted by Crippen LogP contribution is -2.55. The number of pyridine rings is 1. The fourth-order valence-electron chi connectivity index (χ4n) is 5.47. The van der Waals surface area contributed by atoms with Crippen molar-refractivity contribution in [2.75, 3.05) is 31.2 Å². The minimum atomic E-state index is -0.0199. The fraction of sp³-hybridized carbons (Fsp3) is 0.458. The van der Waals surface area contributed by atoms with E-state index in [1.54, 1.807) is 12.3 Å². The number of hydrogen-bond donors (Lipinski definition) is 1. The summed E-state index contributed by atoms with van der Waals surface area (Å²) in [6, 6.07) is 9.44. The van der Waals surface area contributed by atoms with Crippen molar-refractivity contribution in [3.05, 3.63) is 53.0 Å². The maximum absolute atomic E-state index is 12.8. The largest absolute Gasteiger partial charge is 0.440 e. The van der Waals surface area contributed by atoms with E-state index in [1.807, 2.05) is 24.3 Å². The number of rotatable bonds is 4. The van der Waals surface area contributed by atoms with Crippen LogP contribution in [0.4, 0.5) is 5.82 Å². The highest BCUT2D eigenvalue weighted by Gasteiger charge is 2.54. The first-order valence-corrected chi connectivity index (χ1v) is 11.6. The van der Waals surface area contributed by atoms with E-state index in [9.17, 15) is 4.79 Å². The van der Waals surface area contributed by atoms with Crippen LogP contribution in [-0.4, -0.2) is 48.2 Å². The van der Waals surface area contributed by atoms with Gasteiger partial charge in [0.05, 0.1) is 13.2 Å². The van der Waals surface area contributed by atoms with E-state index < -0.39 is 0 Å². The molecule has 1 N–H and O–H groups in total. The smallest absolute Gasteiger partial charge is 0.251 e. The molecule has 6 rings (SSSR count). The third kappa shape index (κ3) is 3.63. The van der Waals surface area contributed by atoms with Crippen molar-refractivity contribution in [1.29, 1.82) is 0 Å². The molecule has 1 aromatic carbocycles. The Hall–Kier alpha value is -2.64. The lowest BCUT2D eigenvalue weighted by atomic mass is 9.50. The molecule has 8 heteroatoms. The van der Waals surface area contributed by atoms with Crippen LogP contribution in [0.5, 0.6) is 0 Å². The van der Waals surface area contributed by atoms with E-state index in [0.717, 1.165) is 61.6 Å². The Bertz CT molecular complexity index is 1160. The monoisotopic (exact) mass is 452 g/mol. The molecule has 7 nitrogen and oxygen atoms in total. The first-order chi connectivity index (χ1) is 15.6. The zero-order valence-electron chi connectivity index (χ0n) is 17.7. The Labute approximate surface area is 191 Å². The van der Waals surface area contributed by atoms with Crippen LogP contribution in [0.15, 0.2) is 40.9 Å². The Kier molecular flexibility index (Phi) is 4.84. The van der Waals surface area contributed by atoms with Crippen LogP contribution in [0.2, 0.25) is 5.02 Å². The summed E-state index contributed by atoms with van der Waals surface area (Å²) in [6.45, 7) is 3.00. The van der Waals surface area contributed by atoms with Gasteiger partial charge in [0, 0.05) is 41.8 Å². The Morgan fingerprint density at radius 3 is 2.75 bits per heavy atom. The number of nitrogens with zero attached hydrogens (tertiary/aromatic N) is 3. The maximum Gasteiger partial charge on any atom is 0.251 e. The average molecular weight is 453 g/mol. The molecule has 0 bridgehead atoms. The first-order valence-electron chi connectivity index (χ1n) is 11.2. The zero-order chi connectivity index (χ0) is 21.7. The molecule has 2 aliphatic carbocycles. The second-order valence-electron chi connectivity index (χ2n) is 9.35. The molecule has 2 aromatic heterocycles. The number of morpholine rings is 1. The molecule has 0 radical (unpaired) electrons. The molecule has 1 aliphatic heterocycles. The predicted octanol–water partition coefficient (Wildman–Crippen LogP) is 4.17. The highest BCUT2D eigenvalue weighted by molar-refractivity contribution is 6.31. The number of benzene rings is 1. The molecular formula is C24H25ClN4O3. The van der Waals surface area contributed by atoms with Crippen molar-refractivity contribution in [2.24, 2.45) is 5.41 Å². The van der Waals surface area contributed by atoms with Crippen molar-refractivity contribution in [2.45, 2.75) is 37.6 Å². The van der Waals surface area contributed by atoms with Crippen LogP contribution in [-0.2, 0) is 4.74 Å². The molecule has 1 saturated heterocycles. The highest BCUT2D eigenvalue weighted by Crippen LogP contribution is 2.61. The second kappa shape index (κ2) is 7.74. The van der Waals surface area contributed by atoms with E-state index in [-0.39, 0.29) is 11.9 Å². The summed E-state index contributed by atoms with van der Waals surface area (Å²) >= 11 is 6.06. The van der Waals surface area contributed by atoms with Crippen LogP contribution in [0.1, 0.15) is 47.8 Å². The SMILES string of the molecule is O=C(NC1CC2(C1)CC(c1nc3cc(Cl)ccc3o1)C2)c1ccnc(N2CCOCC2)c1. The minimum absolute atomic E-state index is 0.0199. The number of anilines is 1. The molecular weight excluding hydrogens is 428 g/mol. The third-order valence-electron chi connectivity index (χ3n) is 7.11. The molecule has 32 heavy (non-hydrogen) atoms. The van der Waals surface area contributed by atoms with E-state index in [4.69, 9.17) is 20.8 Å². The number of halogens is 1. The van der Waals surface area contributed by atoms with Crippen LogP contribution >= 0.6 is 11.6 Å². The van der Waals surface area contributed by atoms with Gasteiger partial charge in [0.25, 0.3) is 5.91 Å². The zero-order valence-corrected chi connectivity index (χ0v) is 18.5. The quantitative estimate of drug-likeness (QED) is 0.640. The molecule has 1 spiro atoms. The molecule has 3 fully saturated rings. The number of ether oxygens (including phenoxy) is 1. The summed E-state index contributed by atoms with van der Waals surface area (Å²) in [5.41, 5.74) is 2.59. The van der Waals surface area contributed by atoms with E-state index >= 15 is 0 Å². The van der Waals surface area contributed by atoms with Crippen molar-refractivity contribution in [3.8, 4) is 0 Å². The topological polar surface area (TPSA) is 80.5 Å². The molecule has 0 atom stereocenters. The van der Waals surface area contributed by atoms with Crippen LogP contribution in [0.25, 0.3) is 11.1 Å². The maximum atomic E-state index is 12.8. The van der Waals surface area contributed by atoms with Gasteiger partial charge < -0.3 is 19.4 Å². The van der Waals surface area contributed by atoms with Gasteiger partial charge in [-0.3, -0.25) is 4.79 Å². The molecule has 0 unspecified atom stereocenters. The second-order valence-corrected chi connectivity index (χ2v) is 9.79. The lowest BCUT2D eigenvalue weighted by molar-refractivity contribution is -0.0253. The molecule has 3 heterocycles. The van der Waals surface area contributed by atoms with Crippen LogP contribution < -0.4 is 10.2 Å². The summed E-state index contributed by atoms with van der Waals surface area (Å²) < 4.78 is 11.3. The van der Waals surface area contributed by atoms with E-state index in [2.05, 4.69) is 20.2 Å². The van der Waals surface area contributed by atoms with Gasteiger partial charge in [0.15, 0.2) is 11.5 Å².